The average molecular weight is 344 g/mol. The van der Waals surface area contributed by atoms with Gasteiger partial charge in [-0.25, -0.2) is 0 Å². The smallest absolute Gasteiger partial charge is 0.327 e. The van der Waals surface area contributed by atoms with Crippen LogP contribution in [-0.4, -0.2) is 20.5 Å². The second kappa shape index (κ2) is 5.31. The maximum absolute atomic E-state index is 11.2. The van der Waals surface area contributed by atoms with Gasteiger partial charge in [-0.05, 0) is 24.3 Å². The summed E-state index contributed by atoms with van der Waals surface area (Å²) in [5, 5.41) is 2.76. The normalized spacial score (nSPS) is 12.4. The fourth-order valence-corrected chi connectivity index (χ4v) is 3.56. The van der Waals surface area contributed by atoms with Gasteiger partial charge in [-0.3, -0.25) is 4.57 Å². The van der Waals surface area contributed by atoms with Crippen molar-refractivity contribution in [2.75, 3.05) is 6.16 Å². The fourth-order valence-electron chi connectivity index (χ4n) is 2.57. The monoisotopic (exact) mass is 343 g/mol. The Hall–Kier alpha value is -1.03. The third kappa shape index (κ3) is 2.70. The van der Waals surface area contributed by atoms with Crippen LogP contribution in [0.25, 0.3) is 21.8 Å². The molecule has 0 aliphatic rings. The first kappa shape index (κ1) is 14.9. The van der Waals surface area contributed by atoms with Crippen molar-refractivity contribution in [2.45, 2.75) is 6.54 Å². The Labute approximate surface area is 131 Å². The second-order valence-electron chi connectivity index (χ2n) is 4.81. The Morgan fingerprint density at radius 1 is 0.952 bits per heavy atom. The number of aryl methyl sites for hydroxylation is 1. The van der Waals surface area contributed by atoms with Gasteiger partial charge in [0, 0.05) is 17.3 Å². The van der Waals surface area contributed by atoms with Crippen molar-refractivity contribution in [3.63, 3.8) is 0 Å². The van der Waals surface area contributed by atoms with Crippen LogP contribution in [0.1, 0.15) is 0 Å². The van der Waals surface area contributed by atoms with Crippen LogP contribution in [0.4, 0.5) is 0 Å². The van der Waals surface area contributed by atoms with Gasteiger partial charge in [0.25, 0.3) is 0 Å². The molecule has 3 rings (SSSR count). The fraction of sp³-hybridized carbons (Fsp3) is 0.143. The molecule has 3 aromatic rings. The SMILES string of the molecule is O=P(O)(O)CCn1c2cccc(Cl)c2c2c(Cl)cccc21. The maximum Gasteiger partial charge on any atom is 0.327 e. The van der Waals surface area contributed by atoms with E-state index in [-0.39, 0.29) is 12.7 Å². The van der Waals surface area contributed by atoms with E-state index in [1.54, 1.807) is 12.1 Å². The predicted molar refractivity (Wildman–Crippen MR) is 86.4 cm³/mol. The van der Waals surface area contributed by atoms with Crippen molar-refractivity contribution in [3.8, 4) is 0 Å². The molecule has 0 spiro atoms. The largest absolute Gasteiger partial charge is 0.340 e. The summed E-state index contributed by atoms with van der Waals surface area (Å²) in [5.41, 5.74) is 1.64. The first-order chi connectivity index (χ1) is 9.88. The van der Waals surface area contributed by atoms with Gasteiger partial charge in [0.05, 0.1) is 27.2 Å². The Morgan fingerprint density at radius 2 is 1.43 bits per heavy atom. The van der Waals surface area contributed by atoms with Crippen LogP contribution in [0.15, 0.2) is 36.4 Å². The predicted octanol–water partition coefficient (Wildman–Crippen LogP) is 4.28. The molecule has 110 valence electrons. The van der Waals surface area contributed by atoms with E-state index in [2.05, 4.69) is 0 Å². The van der Waals surface area contributed by atoms with E-state index in [1.165, 1.54) is 0 Å². The lowest BCUT2D eigenvalue weighted by Crippen LogP contribution is -2.02. The van der Waals surface area contributed by atoms with Gasteiger partial charge >= 0.3 is 7.60 Å². The number of hydrogen-bond acceptors (Lipinski definition) is 1. The molecule has 2 N–H and O–H groups in total. The molecule has 0 radical (unpaired) electrons. The number of rotatable bonds is 3. The molecule has 0 saturated heterocycles. The minimum atomic E-state index is -4.07. The van der Waals surface area contributed by atoms with E-state index in [4.69, 9.17) is 33.0 Å². The molecular weight excluding hydrogens is 332 g/mol. The van der Waals surface area contributed by atoms with Crippen LogP contribution >= 0.6 is 30.8 Å². The van der Waals surface area contributed by atoms with E-state index >= 15 is 0 Å². The highest BCUT2D eigenvalue weighted by atomic mass is 35.5. The molecule has 0 aliphatic carbocycles. The average Bonchev–Trinajstić information content (AvgIpc) is 2.72. The first-order valence-corrected chi connectivity index (χ1v) is 8.83. The lowest BCUT2D eigenvalue weighted by atomic mass is 10.1. The summed E-state index contributed by atoms with van der Waals surface area (Å²) >= 11 is 12.6. The number of halogens is 2. The standard InChI is InChI=1S/C14H12Cl2NO3P/c15-9-3-1-5-11-13(9)14-10(16)4-2-6-12(14)17(11)7-8-21(18,19)20/h1-6H,7-8H2,(H2,18,19,20). The third-order valence-corrected chi connectivity index (χ3v) is 4.84. The highest BCUT2D eigenvalue weighted by Crippen LogP contribution is 2.40. The van der Waals surface area contributed by atoms with Gasteiger partial charge in [0.1, 0.15) is 0 Å². The molecule has 0 saturated carbocycles. The maximum atomic E-state index is 11.2. The molecule has 0 bridgehead atoms. The molecule has 7 heteroatoms. The lowest BCUT2D eigenvalue weighted by Gasteiger charge is -2.08. The summed E-state index contributed by atoms with van der Waals surface area (Å²) in [7, 11) is -4.07. The van der Waals surface area contributed by atoms with Crippen LogP contribution in [0, 0.1) is 0 Å². The number of hydrogen-bond donors (Lipinski definition) is 2. The third-order valence-electron chi connectivity index (χ3n) is 3.43. The van der Waals surface area contributed by atoms with Crippen molar-refractivity contribution in [1.29, 1.82) is 0 Å². The van der Waals surface area contributed by atoms with Gasteiger partial charge in [-0.15, -0.1) is 0 Å². The summed E-state index contributed by atoms with van der Waals surface area (Å²) < 4.78 is 13.0. The summed E-state index contributed by atoms with van der Waals surface area (Å²) in [6.07, 6.45) is -0.231. The molecule has 0 aliphatic heterocycles. The van der Waals surface area contributed by atoms with Crippen molar-refractivity contribution in [1.82, 2.24) is 4.57 Å². The van der Waals surface area contributed by atoms with Crippen LogP contribution in [0.3, 0.4) is 0 Å². The van der Waals surface area contributed by atoms with Crippen LogP contribution in [0.5, 0.6) is 0 Å². The summed E-state index contributed by atoms with van der Waals surface area (Å²) in [4.78, 5) is 18.2. The molecule has 0 fully saturated rings. The van der Waals surface area contributed by atoms with Crippen molar-refractivity contribution >= 4 is 52.6 Å². The van der Waals surface area contributed by atoms with Crippen molar-refractivity contribution in [2.24, 2.45) is 0 Å². The highest BCUT2D eigenvalue weighted by molar-refractivity contribution is 7.51. The quantitative estimate of drug-likeness (QED) is 0.697. The van der Waals surface area contributed by atoms with E-state index < -0.39 is 7.60 Å². The van der Waals surface area contributed by atoms with Crippen molar-refractivity contribution < 1.29 is 14.4 Å². The Kier molecular flexibility index (Phi) is 3.76. The molecular formula is C14H12Cl2NO3P. The number of nitrogens with zero attached hydrogens (tertiary/aromatic N) is 1. The minimum absolute atomic E-state index is 0.199. The first-order valence-electron chi connectivity index (χ1n) is 6.28. The molecule has 2 aromatic carbocycles. The summed E-state index contributed by atoms with van der Waals surface area (Å²) in [5.74, 6) is 0. The van der Waals surface area contributed by atoms with E-state index in [1.807, 2.05) is 28.8 Å². The lowest BCUT2D eigenvalue weighted by molar-refractivity contribution is 0.370. The minimum Gasteiger partial charge on any atom is -0.340 e. The summed E-state index contributed by atoms with van der Waals surface area (Å²) in [6.45, 7) is 0.199. The number of aromatic nitrogens is 1. The Morgan fingerprint density at radius 3 is 1.86 bits per heavy atom. The zero-order chi connectivity index (χ0) is 15.2. The van der Waals surface area contributed by atoms with Crippen LogP contribution < -0.4 is 0 Å². The van der Waals surface area contributed by atoms with Crippen LogP contribution in [0.2, 0.25) is 10.0 Å². The Balaban J connectivity index is 2.33. The molecule has 0 atom stereocenters. The zero-order valence-corrected chi connectivity index (χ0v) is 13.2. The molecule has 0 unspecified atom stereocenters. The van der Waals surface area contributed by atoms with Crippen LogP contribution in [-0.2, 0) is 11.1 Å². The van der Waals surface area contributed by atoms with Gasteiger partial charge in [0.15, 0.2) is 0 Å². The van der Waals surface area contributed by atoms with Gasteiger partial charge < -0.3 is 14.4 Å². The molecule has 21 heavy (non-hydrogen) atoms. The summed E-state index contributed by atoms with van der Waals surface area (Å²) in [6, 6.07) is 10.9. The van der Waals surface area contributed by atoms with Gasteiger partial charge in [-0.2, -0.15) is 0 Å². The molecule has 1 aromatic heterocycles. The highest BCUT2D eigenvalue weighted by Gasteiger charge is 2.18. The number of benzene rings is 2. The molecule has 0 amide bonds. The topological polar surface area (TPSA) is 62.5 Å². The zero-order valence-electron chi connectivity index (χ0n) is 10.8. The van der Waals surface area contributed by atoms with Crippen molar-refractivity contribution in [3.05, 3.63) is 46.4 Å². The second-order valence-corrected chi connectivity index (χ2v) is 7.40. The molecule has 1 heterocycles. The van der Waals surface area contributed by atoms with Gasteiger partial charge in [-0.1, -0.05) is 35.3 Å². The van der Waals surface area contributed by atoms with Gasteiger partial charge in [0.2, 0.25) is 0 Å². The van der Waals surface area contributed by atoms with E-state index in [0.29, 0.717) is 10.0 Å². The van der Waals surface area contributed by atoms with E-state index in [9.17, 15) is 4.57 Å². The number of fused-ring (bicyclic) bond motifs is 3. The van der Waals surface area contributed by atoms with E-state index in [0.717, 1.165) is 21.8 Å². The Bertz CT molecular complexity index is 825. The molecule has 4 nitrogen and oxygen atoms in total.